The number of carbonyl (C=O) groups is 1. The van der Waals surface area contributed by atoms with Crippen LogP contribution in [0.5, 0.6) is 0 Å². The molecule has 1 heterocycles. The SMILES string of the molecule is CCNC(=NCCCn1c(C)nc2ccccc21)NCCC(=O)NCc1ccccc1.I. The van der Waals surface area contributed by atoms with Crippen molar-refractivity contribution in [1.29, 1.82) is 0 Å². The number of nitrogens with one attached hydrogen (secondary N) is 3. The molecule has 3 N–H and O–H groups in total. The Balaban J connectivity index is 0.00000363. The lowest BCUT2D eigenvalue weighted by molar-refractivity contribution is -0.121. The van der Waals surface area contributed by atoms with Gasteiger partial charge in [0.25, 0.3) is 0 Å². The number of nitrogens with zero attached hydrogens (tertiary/aromatic N) is 3. The average molecular weight is 548 g/mol. The first-order chi connectivity index (χ1) is 15.2. The van der Waals surface area contributed by atoms with E-state index in [0.29, 0.717) is 26.1 Å². The highest BCUT2D eigenvalue weighted by Crippen LogP contribution is 2.15. The number of para-hydroxylation sites is 2. The molecule has 0 fully saturated rings. The van der Waals surface area contributed by atoms with Crippen LogP contribution in [-0.2, 0) is 17.9 Å². The Morgan fingerprint density at radius 1 is 1.03 bits per heavy atom. The lowest BCUT2D eigenvalue weighted by atomic mass is 10.2. The molecule has 3 aromatic rings. The Morgan fingerprint density at radius 2 is 1.78 bits per heavy atom. The molecular formula is C24H33IN6O. The van der Waals surface area contributed by atoms with Crippen LogP contribution >= 0.6 is 24.0 Å². The number of rotatable bonds is 10. The van der Waals surface area contributed by atoms with Gasteiger partial charge in [0.2, 0.25) is 5.91 Å². The van der Waals surface area contributed by atoms with Crippen molar-refractivity contribution in [2.24, 2.45) is 4.99 Å². The van der Waals surface area contributed by atoms with E-state index < -0.39 is 0 Å². The molecule has 2 aromatic carbocycles. The van der Waals surface area contributed by atoms with E-state index in [2.05, 4.69) is 36.6 Å². The first-order valence-electron chi connectivity index (χ1n) is 10.9. The van der Waals surface area contributed by atoms with Crippen LogP contribution in [0.1, 0.15) is 31.2 Å². The summed E-state index contributed by atoms with van der Waals surface area (Å²) < 4.78 is 2.24. The second-order valence-electron chi connectivity index (χ2n) is 7.35. The standard InChI is InChI=1S/C24H32N6O.HI/c1-3-25-24(27-16-14-23(31)28-18-20-10-5-4-6-11-20)26-15-9-17-30-19(2)29-21-12-7-8-13-22(21)30;/h4-8,10-13H,3,9,14-18H2,1-2H3,(H,28,31)(H2,25,26,27);1H. The normalized spacial score (nSPS) is 11.1. The topological polar surface area (TPSA) is 83.3 Å². The van der Waals surface area contributed by atoms with Gasteiger partial charge >= 0.3 is 0 Å². The van der Waals surface area contributed by atoms with Crippen LogP contribution in [0.2, 0.25) is 0 Å². The Hall–Kier alpha value is -2.62. The molecule has 0 aliphatic rings. The fourth-order valence-electron chi connectivity index (χ4n) is 3.42. The van der Waals surface area contributed by atoms with Gasteiger partial charge in [-0.25, -0.2) is 4.98 Å². The second kappa shape index (κ2) is 13.7. The molecule has 1 aromatic heterocycles. The van der Waals surface area contributed by atoms with Gasteiger partial charge in [0.15, 0.2) is 5.96 Å². The smallest absolute Gasteiger partial charge is 0.222 e. The van der Waals surface area contributed by atoms with Gasteiger partial charge in [-0.1, -0.05) is 42.5 Å². The predicted molar refractivity (Wildman–Crippen MR) is 141 cm³/mol. The Bertz CT molecular complexity index is 1000. The molecular weight excluding hydrogens is 515 g/mol. The third-order valence-electron chi connectivity index (χ3n) is 4.98. The highest BCUT2D eigenvalue weighted by Gasteiger charge is 2.06. The summed E-state index contributed by atoms with van der Waals surface area (Å²) >= 11 is 0. The quantitative estimate of drug-likeness (QED) is 0.157. The minimum Gasteiger partial charge on any atom is -0.357 e. The molecule has 172 valence electrons. The lowest BCUT2D eigenvalue weighted by Crippen LogP contribution is -2.39. The summed E-state index contributed by atoms with van der Waals surface area (Å²) in [6.07, 6.45) is 1.31. The number of hydrogen-bond donors (Lipinski definition) is 3. The third kappa shape index (κ3) is 7.81. The molecule has 1 amide bonds. The highest BCUT2D eigenvalue weighted by molar-refractivity contribution is 14.0. The molecule has 0 radical (unpaired) electrons. The summed E-state index contributed by atoms with van der Waals surface area (Å²) in [5.74, 6) is 1.79. The highest BCUT2D eigenvalue weighted by atomic mass is 127. The largest absolute Gasteiger partial charge is 0.357 e. The van der Waals surface area contributed by atoms with Gasteiger partial charge in [-0.05, 0) is 38.0 Å². The predicted octanol–water partition coefficient (Wildman–Crippen LogP) is 3.61. The molecule has 0 atom stereocenters. The zero-order valence-corrected chi connectivity index (χ0v) is 21.1. The minimum atomic E-state index is 0. The van der Waals surface area contributed by atoms with Crippen LogP contribution in [0, 0.1) is 6.92 Å². The monoisotopic (exact) mass is 548 g/mol. The fraction of sp³-hybridized carbons (Fsp3) is 0.375. The molecule has 0 aliphatic heterocycles. The number of fused-ring (bicyclic) bond motifs is 1. The molecule has 3 rings (SSSR count). The Morgan fingerprint density at radius 3 is 2.56 bits per heavy atom. The number of benzene rings is 2. The number of aromatic nitrogens is 2. The van der Waals surface area contributed by atoms with Crippen molar-refractivity contribution in [2.45, 2.75) is 39.8 Å². The summed E-state index contributed by atoms with van der Waals surface area (Å²) in [6.45, 7) is 7.51. The number of halogens is 1. The number of aliphatic imine (C=N–C) groups is 1. The molecule has 7 nitrogen and oxygen atoms in total. The molecule has 0 spiro atoms. The van der Waals surface area contributed by atoms with Crippen molar-refractivity contribution in [1.82, 2.24) is 25.5 Å². The summed E-state index contributed by atoms with van der Waals surface area (Å²) in [4.78, 5) is 21.3. The van der Waals surface area contributed by atoms with Gasteiger partial charge in [0, 0.05) is 39.1 Å². The fourth-order valence-corrected chi connectivity index (χ4v) is 3.42. The van der Waals surface area contributed by atoms with E-state index in [0.717, 1.165) is 47.9 Å². The van der Waals surface area contributed by atoms with Crippen molar-refractivity contribution in [3.05, 3.63) is 66.0 Å². The number of carbonyl (C=O) groups excluding carboxylic acids is 1. The maximum atomic E-state index is 12.1. The first-order valence-corrected chi connectivity index (χ1v) is 10.9. The second-order valence-corrected chi connectivity index (χ2v) is 7.35. The molecule has 32 heavy (non-hydrogen) atoms. The molecule has 0 saturated heterocycles. The summed E-state index contributed by atoms with van der Waals surface area (Å²) in [7, 11) is 0. The molecule has 0 saturated carbocycles. The van der Waals surface area contributed by atoms with Crippen molar-refractivity contribution in [3.8, 4) is 0 Å². The number of hydrogen-bond acceptors (Lipinski definition) is 3. The van der Waals surface area contributed by atoms with Crippen LogP contribution in [0.3, 0.4) is 0 Å². The summed E-state index contributed by atoms with van der Waals surface area (Å²) in [6, 6.07) is 18.1. The van der Waals surface area contributed by atoms with Crippen LogP contribution in [0.4, 0.5) is 0 Å². The van der Waals surface area contributed by atoms with Gasteiger partial charge < -0.3 is 20.5 Å². The van der Waals surface area contributed by atoms with Crippen molar-refractivity contribution in [2.75, 3.05) is 19.6 Å². The lowest BCUT2D eigenvalue weighted by Gasteiger charge is -2.12. The van der Waals surface area contributed by atoms with E-state index in [-0.39, 0.29) is 29.9 Å². The van der Waals surface area contributed by atoms with E-state index >= 15 is 0 Å². The van der Waals surface area contributed by atoms with E-state index in [4.69, 9.17) is 0 Å². The zero-order chi connectivity index (χ0) is 21.9. The molecule has 0 aliphatic carbocycles. The number of aryl methyl sites for hydroxylation is 2. The van der Waals surface area contributed by atoms with E-state index in [1.807, 2.05) is 62.4 Å². The number of amides is 1. The van der Waals surface area contributed by atoms with Gasteiger partial charge in [0.05, 0.1) is 11.0 Å². The van der Waals surface area contributed by atoms with Crippen LogP contribution in [0.15, 0.2) is 59.6 Å². The van der Waals surface area contributed by atoms with E-state index in [9.17, 15) is 4.79 Å². The molecule has 8 heteroatoms. The maximum absolute atomic E-state index is 12.1. The van der Waals surface area contributed by atoms with Crippen molar-refractivity contribution >= 4 is 46.9 Å². The number of imidazole rings is 1. The van der Waals surface area contributed by atoms with Gasteiger partial charge in [-0.3, -0.25) is 9.79 Å². The van der Waals surface area contributed by atoms with Gasteiger partial charge in [-0.15, -0.1) is 24.0 Å². The minimum absolute atomic E-state index is 0. The van der Waals surface area contributed by atoms with E-state index in [1.54, 1.807) is 0 Å². The maximum Gasteiger partial charge on any atom is 0.222 e. The van der Waals surface area contributed by atoms with Gasteiger partial charge in [-0.2, -0.15) is 0 Å². The van der Waals surface area contributed by atoms with Crippen LogP contribution < -0.4 is 16.0 Å². The Labute approximate surface area is 207 Å². The van der Waals surface area contributed by atoms with Crippen LogP contribution in [-0.4, -0.2) is 41.1 Å². The summed E-state index contributed by atoms with van der Waals surface area (Å²) in [5, 5.41) is 9.42. The van der Waals surface area contributed by atoms with E-state index in [1.165, 1.54) is 0 Å². The van der Waals surface area contributed by atoms with Crippen LogP contribution in [0.25, 0.3) is 11.0 Å². The molecule has 0 bridgehead atoms. The summed E-state index contributed by atoms with van der Waals surface area (Å²) in [5.41, 5.74) is 3.29. The molecule has 0 unspecified atom stereocenters. The average Bonchev–Trinajstić information content (AvgIpc) is 3.11. The zero-order valence-electron chi connectivity index (χ0n) is 18.8. The number of guanidine groups is 1. The van der Waals surface area contributed by atoms with Crippen molar-refractivity contribution in [3.63, 3.8) is 0 Å². The van der Waals surface area contributed by atoms with Crippen molar-refractivity contribution < 1.29 is 4.79 Å². The first kappa shape index (κ1) is 25.6. The third-order valence-corrected chi connectivity index (χ3v) is 4.98. The Kier molecular flexibility index (Phi) is 11.0. The van der Waals surface area contributed by atoms with Gasteiger partial charge in [0.1, 0.15) is 5.82 Å².